The van der Waals surface area contributed by atoms with E-state index in [1.165, 1.54) is 49.9 Å². The summed E-state index contributed by atoms with van der Waals surface area (Å²) >= 11 is 1.45. The Kier molecular flexibility index (Phi) is 7.64. The number of aromatic carboxylic acids is 1. The number of pyridine rings is 1. The smallest absolute Gasteiger partial charge is 0.355 e. The first-order valence-corrected chi connectivity index (χ1v) is 18.6. The minimum atomic E-state index is -1.07. The number of anilines is 2. The number of benzene rings is 3. The van der Waals surface area contributed by atoms with E-state index in [1.54, 1.807) is 0 Å². The van der Waals surface area contributed by atoms with Crippen LogP contribution in [0.4, 0.5) is 10.9 Å². The van der Waals surface area contributed by atoms with Crippen molar-refractivity contribution in [3.63, 3.8) is 0 Å². The molecule has 0 unspecified atom stereocenters. The summed E-state index contributed by atoms with van der Waals surface area (Å²) in [5.74, 6) is 2.79. The van der Waals surface area contributed by atoms with Crippen LogP contribution in [0.25, 0.3) is 21.3 Å². The number of rotatable bonds is 8. The van der Waals surface area contributed by atoms with Crippen molar-refractivity contribution in [2.45, 2.75) is 58.4 Å². The normalized spacial score (nSPS) is 23.5. The summed E-state index contributed by atoms with van der Waals surface area (Å²) in [7, 11) is 0. The van der Waals surface area contributed by atoms with E-state index in [0.29, 0.717) is 47.0 Å². The molecule has 50 heavy (non-hydrogen) atoms. The van der Waals surface area contributed by atoms with Crippen LogP contribution in [0.15, 0.2) is 72.8 Å². The monoisotopic (exact) mass is 684 g/mol. The number of fused-ring (bicyclic) bond motifs is 2. The number of aromatic nitrogens is 2. The van der Waals surface area contributed by atoms with Crippen LogP contribution < -0.4 is 15.0 Å². The molecule has 2 aromatic heterocycles. The summed E-state index contributed by atoms with van der Waals surface area (Å²) in [5.41, 5.74) is 6.18. The lowest BCUT2D eigenvalue weighted by Gasteiger charge is -2.56. The SMILES string of the molecule is Cc1cc(OCC23CC4CC(CC(C4)C2)C3)ccc1-c1ccc(N2CCc3cccc(C(=O)Nc4nc5ccccc5s4)c3C2)nc1C(=O)O. The Labute approximate surface area is 295 Å². The molecule has 0 saturated heterocycles. The van der Waals surface area contributed by atoms with E-state index >= 15 is 0 Å². The molecule has 5 aliphatic rings. The second kappa shape index (κ2) is 12.2. The lowest BCUT2D eigenvalue weighted by molar-refractivity contribution is -0.0745. The van der Waals surface area contributed by atoms with Crippen LogP contribution in [-0.2, 0) is 13.0 Å². The minimum absolute atomic E-state index is 0.0143. The van der Waals surface area contributed by atoms with Crippen molar-refractivity contribution in [1.82, 2.24) is 9.97 Å². The summed E-state index contributed by atoms with van der Waals surface area (Å²) in [6, 6.07) is 23.4. The predicted octanol–water partition coefficient (Wildman–Crippen LogP) is 8.78. The van der Waals surface area contributed by atoms with Crippen LogP contribution in [-0.4, -0.2) is 40.1 Å². The van der Waals surface area contributed by atoms with Gasteiger partial charge >= 0.3 is 5.97 Å². The van der Waals surface area contributed by atoms with Gasteiger partial charge in [-0.1, -0.05) is 41.7 Å². The lowest BCUT2D eigenvalue weighted by Crippen LogP contribution is -2.48. The van der Waals surface area contributed by atoms with Gasteiger partial charge < -0.3 is 14.7 Å². The van der Waals surface area contributed by atoms with Gasteiger partial charge in [-0.15, -0.1) is 0 Å². The molecule has 3 aromatic carbocycles. The fourth-order valence-corrected chi connectivity index (χ4v) is 10.7. The minimum Gasteiger partial charge on any atom is -0.493 e. The molecule has 5 aromatic rings. The zero-order chi connectivity index (χ0) is 34.0. The van der Waals surface area contributed by atoms with Gasteiger partial charge in [0.2, 0.25) is 0 Å². The molecule has 3 heterocycles. The van der Waals surface area contributed by atoms with E-state index in [-0.39, 0.29) is 11.6 Å². The van der Waals surface area contributed by atoms with Gasteiger partial charge in [0.25, 0.3) is 5.91 Å². The number of ether oxygens (including phenoxy) is 1. The first-order chi connectivity index (χ1) is 24.3. The molecular weight excluding hydrogens is 645 g/mol. The third-order valence-corrected chi connectivity index (χ3v) is 12.6. The van der Waals surface area contributed by atoms with Crippen LogP contribution in [0.5, 0.6) is 5.75 Å². The molecule has 0 radical (unpaired) electrons. The van der Waals surface area contributed by atoms with Gasteiger partial charge in [0.15, 0.2) is 10.8 Å². The fourth-order valence-electron chi connectivity index (χ4n) is 9.82. The number of aryl methyl sites for hydroxylation is 1. The molecule has 0 spiro atoms. The number of hydrogen-bond acceptors (Lipinski definition) is 7. The maximum Gasteiger partial charge on any atom is 0.355 e. The van der Waals surface area contributed by atoms with Crippen LogP contribution in [0.1, 0.15) is 76.1 Å². The number of thiazole rings is 1. The first kappa shape index (κ1) is 31.2. The van der Waals surface area contributed by atoms with Crippen molar-refractivity contribution in [1.29, 1.82) is 0 Å². The largest absolute Gasteiger partial charge is 0.493 e. The summed E-state index contributed by atoms with van der Waals surface area (Å²) in [6.45, 7) is 3.89. The number of amides is 1. The Morgan fingerprint density at radius 3 is 2.44 bits per heavy atom. The maximum absolute atomic E-state index is 13.5. The van der Waals surface area contributed by atoms with Crippen molar-refractivity contribution in [3.8, 4) is 16.9 Å². The van der Waals surface area contributed by atoms with Gasteiger partial charge in [0, 0.05) is 29.6 Å². The Balaban J connectivity index is 0.931. The second-order valence-corrected chi connectivity index (χ2v) is 16.1. The molecule has 2 N–H and O–H groups in total. The lowest BCUT2D eigenvalue weighted by atomic mass is 9.50. The molecule has 0 atom stereocenters. The highest BCUT2D eigenvalue weighted by Crippen LogP contribution is 2.60. The quantitative estimate of drug-likeness (QED) is 0.168. The Morgan fingerprint density at radius 1 is 0.940 bits per heavy atom. The van der Waals surface area contributed by atoms with Crippen molar-refractivity contribution in [2.75, 3.05) is 23.4 Å². The van der Waals surface area contributed by atoms with Crippen molar-refractivity contribution in [2.24, 2.45) is 23.2 Å². The number of para-hydroxylation sites is 1. The Bertz CT molecular complexity index is 2090. The highest BCUT2D eigenvalue weighted by molar-refractivity contribution is 7.22. The summed E-state index contributed by atoms with van der Waals surface area (Å²) in [6.07, 6.45) is 8.88. The van der Waals surface area contributed by atoms with Crippen LogP contribution in [0.3, 0.4) is 0 Å². The van der Waals surface area contributed by atoms with E-state index in [1.807, 2.05) is 73.7 Å². The molecular formula is C41H40N4O4S. The van der Waals surface area contributed by atoms with Gasteiger partial charge in [-0.25, -0.2) is 14.8 Å². The molecule has 1 amide bonds. The summed E-state index contributed by atoms with van der Waals surface area (Å²) in [5, 5.41) is 13.9. The number of carboxylic acids is 1. The second-order valence-electron chi connectivity index (χ2n) is 15.1. The molecule has 4 aliphatic carbocycles. The van der Waals surface area contributed by atoms with Gasteiger partial charge in [-0.2, -0.15) is 0 Å². The zero-order valence-corrected chi connectivity index (χ0v) is 29.0. The topological polar surface area (TPSA) is 105 Å². The number of hydrogen-bond donors (Lipinski definition) is 2. The Hall–Kier alpha value is -4.76. The van der Waals surface area contributed by atoms with Gasteiger partial charge in [-0.05, 0) is 134 Å². The number of nitrogens with one attached hydrogen (secondary N) is 1. The molecule has 8 nitrogen and oxygen atoms in total. The van der Waals surface area contributed by atoms with E-state index in [2.05, 4.69) is 21.3 Å². The highest BCUT2D eigenvalue weighted by atomic mass is 32.1. The van der Waals surface area contributed by atoms with Gasteiger partial charge in [0.05, 0.1) is 16.8 Å². The van der Waals surface area contributed by atoms with Crippen LogP contribution in [0, 0.1) is 30.1 Å². The highest BCUT2D eigenvalue weighted by Gasteiger charge is 2.51. The van der Waals surface area contributed by atoms with Gasteiger partial charge in [0.1, 0.15) is 11.6 Å². The summed E-state index contributed by atoms with van der Waals surface area (Å²) in [4.78, 5) is 37.5. The predicted molar refractivity (Wildman–Crippen MR) is 196 cm³/mol. The molecule has 4 fully saturated rings. The average Bonchev–Trinajstić information content (AvgIpc) is 3.52. The van der Waals surface area contributed by atoms with Crippen LogP contribution in [0.2, 0.25) is 0 Å². The Morgan fingerprint density at radius 2 is 1.70 bits per heavy atom. The van der Waals surface area contributed by atoms with Crippen molar-refractivity contribution < 1.29 is 19.4 Å². The number of carbonyl (C=O) groups excluding carboxylic acids is 1. The number of nitrogens with zero attached hydrogens (tertiary/aromatic N) is 3. The third-order valence-electron chi connectivity index (χ3n) is 11.6. The maximum atomic E-state index is 13.5. The van der Waals surface area contributed by atoms with E-state index in [4.69, 9.17) is 9.72 Å². The van der Waals surface area contributed by atoms with E-state index in [0.717, 1.165) is 62.6 Å². The van der Waals surface area contributed by atoms with E-state index < -0.39 is 5.97 Å². The molecule has 4 saturated carbocycles. The zero-order valence-electron chi connectivity index (χ0n) is 28.2. The van der Waals surface area contributed by atoms with E-state index in [9.17, 15) is 14.7 Å². The molecule has 9 heteroatoms. The average molecular weight is 685 g/mol. The standard InChI is InChI=1S/C41H40N4O4S/c1-24-15-29(49-23-41-19-25-16-26(20-41)18-27(17-25)21-41)9-10-30(24)31-11-12-36(43-37(31)39(47)48)45-14-13-28-5-4-6-32(33(28)22-45)38(46)44-40-42-34-7-2-3-8-35(34)50-40/h2-12,15,25-27H,13-14,16-23H2,1H3,(H,47,48)(H,42,44,46). The fraction of sp³-hybridized carbons (Fsp3) is 0.366. The number of carboxylic acid groups (broad SMARTS) is 1. The van der Waals surface area contributed by atoms with Gasteiger partial charge in [-0.3, -0.25) is 10.1 Å². The van der Waals surface area contributed by atoms with Crippen LogP contribution >= 0.6 is 11.3 Å². The number of carbonyl (C=O) groups is 2. The van der Waals surface area contributed by atoms with Crippen molar-refractivity contribution >= 4 is 44.4 Å². The summed E-state index contributed by atoms with van der Waals surface area (Å²) < 4.78 is 7.48. The van der Waals surface area contributed by atoms with Crippen molar-refractivity contribution in [3.05, 3.63) is 101 Å². The third kappa shape index (κ3) is 5.71. The molecule has 10 rings (SSSR count). The molecule has 254 valence electrons. The molecule has 4 bridgehead atoms. The first-order valence-electron chi connectivity index (χ1n) is 17.8. The molecule has 1 aliphatic heterocycles.